The molecule has 0 aliphatic rings. The van der Waals surface area contributed by atoms with Gasteiger partial charge in [0.05, 0.1) is 10.4 Å². The fourth-order valence-electron chi connectivity index (χ4n) is 4.11. The summed E-state index contributed by atoms with van der Waals surface area (Å²) in [5, 5.41) is 24.4. The van der Waals surface area contributed by atoms with Gasteiger partial charge in [0, 0.05) is 40.9 Å². The van der Waals surface area contributed by atoms with Crippen molar-refractivity contribution in [2.24, 2.45) is 0 Å². The number of aryl methyl sites for hydroxylation is 2. The Bertz CT molecular complexity index is 1610. The first-order valence-corrected chi connectivity index (χ1v) is 11.3. The van der Waals surface area contributed by atoms with Crippen molar-refractivity contribution in [1.29, 1.82) is 0 Å². The normalized spacial score (nSPS) is 12.2. The second-order valence-electron chi connectivity index (χ2n) is 8.40. The molecule has 36 heavy (non-hydrogen) atoms. The first-order chi connectivity index (χ1) is 17.3. The summed E-state index contributed by atoms with van der Waals surface area (Å²) in [6, 6.07) is 13.6. The highest BCUT2D eigenvalue weighted by Crippen LogP contribution is 2.26. The van der Waals surface area contributed by atoms with Crippen molar-refractivity contribution in [3.05, 3.63) is 81.5 Å². The minimum absolute atomic E-state index is 0.0403. The summed E-state index contributed by atoms with van der Waals surface area (Å²) in [5.41, 5.74) is 4.86. The summed E-state index contributed by atoms with van der Waals surface area (Å²) in [7, 11) is 0. The number of hydrogen-bond donors (Lipinski definition) is 0. The summed E-state index contributed by atoms with van der Waals surface area (Å²) in [4.78, 5) is 27.7. The van der Waals surface area contributed by atoms with Crippen LogP contribution in [0.5, 0.6) is 0 Å². The van der Waals surface area contributed by atoms with E-state index in [1.165, 1.54) is 24.3 Å². The maximum Gasteiger partial charge on any atom is 0.306 e. The van der Waals surface area contributed by atoms with Crippen LogP contribution in [0, 0.1) is 24.0 Å². The third kappa shape index (κ3) is 4.26. The van der Waals surface area contributed by atoms with Gasteiger partial charge in [-0.1, -0.05) is 12.1 Å². The van der Waals surface area contributed by atoms with Crippen LogP contribution in [0.2, 0.25) is 0 Å². The standard InChI is InChI=1S/C25H22N6O5/c1-14-19(15(2)30-23(26-14)20-6-4-5-7-21(20)29-30)12-13-22(32)35-16(3)24-27-28-25(36-24)17-8-10-18(11-9-17)31(33)34/h4-11,16H,12-13H2,1-3H3. The minimum Gasteiger partial charge on any atom is -0.453 e. The van der Waals surface area contributed by atoms with Crippen LogP contribution in [0.15, 0.2) is 52.9 Å². The van der Waals surface area contributed by atoms with Gasteiger partial charge >= 0.3 is 5.97 Å². The molecule has 3 aromatic heterocycles. The molecule has 11 nitrogen and oxygen atoms in total. The predicted octanol–water partition coefficient (Wildman–Crippen LogP) is 4.69. The molecule has 0 bridgehead atoms. The lowest BCUT2D eigenvalue weighted by molar-refractivity contribution is -0.384. The third-order valence-corrected chi connectivity index (χ3v) is 6.02. The number of carbonyl (C=O) groups is 1. The largest absolute Gasteiger partial charge is 0.453 e. The van der Waals surface area contributed by atoms with Crippen LogP contribution >= 0.6 is 0 Å². The second-order valence-corrected chi connectivity index (χ2v) is 8.40. The summed E-state index contributed by atoms with van der Waals surface area (Å²) >= 11 is 0. The van der Waals surface area contributed by atoms with Gasteiger partial charge in [-0.2, -0.15) is 5.10 Å². The molecule has 0 radical (unpaired) electrons. The number of hydrogen-bond acceptors (Lipinski definition) is 9. The van der Waals surface area contributed by atoms with Crippen LogP contribution in [0.25, 0.3) is 28.0 Å². The summed E-state index contributed by atoms with van der Waals surface area (Å²) < 4.78 is 12.9. The molecular formula is C25H22N6O5. The second kappa shape index (κ2) is 9.17. The lowest BCUT2D eigenvalue weighted by atomic mass is 10.1. The van der Waals surface area contributed by atoms with Crippen LogP contribution in [0.4, 0.5) is 5.69 Å². The van der Waals surface area contributed by atoms with Crippen LogP contribution in [-0.2, 0) is 16.0 Å². The number of nitro groups is 1. The lowest BCUT2D eigenvalue weighted by Crippen LogP contribution is -2.12. The number of aromatic nitrogens is 5. The fraction of sp³-hybridized carbons (Fsp3) is 0.240. The Morgan fingerprint density at radius 2 is 1.89 bits per heavy atom. The van der Waals surface area contributed by atoms with Gasteiger partial charge in [-0.25, -0.2) is 9.50 Å². The van der Waals surface area contributed by atoms with E-state index < -0.39 is 17.0 Å². The van der Waals surface area contributed by atoms with Crippen LogP contribution in [-0.4, -0.2) is 35.7 Å². The Morgan fingerprint density at radius 1 is 1.14 bits per heavy atom. The highest BCUT2D eigenvalue weighted by molar-refractivity contribution is 5.92. The summed E-state index contributed by atoms with van der Waals surface area (Å²) in [6.45, 7) is 5.54. The number of carbonyl (C=O) groups excluding carboxylic acids is 1. The summed E-state index contributed by atoms with van der Waals surface area (Å²) in [5.74, 6) is -0.0995. The van der Waals surface area contributed by atoms with E-state index in [0.29, 0.717) is 12.0 Å². The van der Waals surface area contributed by atoms with Gasteiger partial charge < -0.3 is 9.15 Å². The summed E-state index contributed by atoms with van der Waals surface area (Å²) in [6.07, 6.45) is -0.167. The van der Waals surface area contributed by atoms with E-state index >= 15 is 0 Å². The van der Waals surface area contributed by atoms with E-state index in [2.05, 4.69) is 15.3 Å². The van der Waals surface area contributed by atoms with Gasteiger partial charge in [0.2, 0.25) is 5.89 Å². The zero-order valence-corrected chi connectivity index (χ0v) is 19.8. The SMILES string of the molecule is Cc1nc2c3ccccc3nn2c(C)c1CCC(=O)OC(C)c1nnc(-c2ccc([N+](=O)[O-])cc2)o1. The lowest BCUT2D eigenvalue weighted by Gasteiger charge is -2.12. The Labute approximate surface area is 204 Å². The molecule has 0 saturated carbocycles. The number of benzene rings is 2. The van der Waals surface area contributed by atoms with Gasteiger partial charge in [-0.15, -0.1) is 10.2 Å². The van der Waals surface area contributed by atoms with Crippen molar-refractivity contribution in [3.63, 3.8) is 0 Å². The average Bonchev–Trinajstić information content (AvgIpc) is 3.50. The van der Waals surface area contributed by atoms with Crippen LogP contribution < -0.4 is 0 Å². The van der Waals surface area contributed by atoms with Crippen molar-refractivity contribution >= 4 is 28.2 Å². The van der Waals surface area contributed by atoms with Crippen molar-refractivity contribution < 1.29 is 18.9 Å². The van der Waals surface area contributed by atoms with E-state index in [-0.39, 0.29) is 23.9 Å². The number of nitrogens with zero attached hydrogens (tertiary/aromatic N) is 6. The maximum atomic E-state index is 12.6. The quantitative estimate of drug-likeness (QED) is 0.182. The molecule has 5 aromatic rings. The molecule has 1 atom stereocenters. The highest BCUT2D eigenvalue weighted by atomic mass is 16.6. The number of nitro benzene ring substituents is 1. The molecule has 182 valence electrons. The molecule has 11 heteroatoms. The van der Waals surface area contributed by atoms with Crippen LogP contribution in [0.3, 0.4) is 0 Å². The van der Waals surface area contributed by atoms with E-state index in [4.69, 9.17) is 14.1 Å². The molecular weight excluding hydrogens is 464 g/mol. The van der Waals surface area contributed by atoms with E-state index in [1.54, 1.807) is 6.92 Å². The number of fused-ring (bicyclic) bond motifs is 3. The fourth-order valence-corrected chi connectivity index (χ4v) is 4.11. The monoisotopic (exact) mass is 486 g/mol. The minimum atomic E-state index is -0.754. The van der Waals surface area contributed by atoms with Crippen molar-refractivity contribution in [2.75, 3.05) is 0 Å². The molecule has 0 aliphatic carbocycles. The van der Waals surface area contributed by atoms with E-state index in [1.807, 2.05) is 42.6 Å². The first-order valence-electron chi connectivity index (χ1n) is 11.3. The molecule has 0 aliphatic heterocycles. The molecule has 0 fully saturated rings. The zero-order chi connectivity index (χ0) is 25.4. The number of rotatable bonds is 7. The Kier molecular flexibility index (Phi) is 5.88. The molecule has 0 N–H and O–H groups in total. The van der Waals surface area contributed by atoms with Crippen molar-refractivity contribution in [1.82, 2.24) is 24.8 Å². The Hall–Kier alpha value is -4.67. The van der Waals surface area contributed by atoms with Crippen molar-refractivity contribution in [2.45, 2.75) is 39.7 Å². The van der Waals surface area contributed by atoms with Crippen LogP contribution in [0.1, 0.15) is 42.3 Å². The zero-order valence-electron chi connectivity index (χ0n) is 19.8. The number of non-ortho nitro benzene ring substituents is 1. The topological polar surface area (TPSA) is 139 Å². The maximum absolute atomic E-state index is 12.6. The van der Waals surface area contributed by atoms with Gasteiger partial charge in [-0.05, 0) is 57.0 Å². The molecule has 0 saturated heterocycles. The van der Waals surface area contributed by atoms with Crippen molar-refractivity contribution in [3.8, 4) is 11.5 Å². The third-order valence-electron chi connectivity index (χ3n) is 6.02. The van der Waals surface area contributed by atoms with Gasteiger partial charge in [-0.3, -0.25) is 14.9 Å². The Balaban J connectivity index is 1.26. The number of esters is 1. The highest BCUT2D eigenvalue weighted by Gasteiger charge is 2.21. The van der Waals surface area contributed by atoms with Gasteiger partial charge in [0.25, 0.3) is 11.6 Å². The molecule has 3 heterocycles. The smallest absolute Gasteiger partial charge is 0.306 e. The predicted molar refractivity (Wildman–Crippen MR) is 129 cm³/mol. The van der Waals surface area contributed by atoms with Gasteiger partial charge in [0.15, 0.2) is 11.8 Å². The van der Waals surface area contributed by atoms with E-state index in [9.17, 15) is 14.9 Å². The molecule has 2 aromatic carbocycles. The molecule has 0 spiro atoms. The first kappa shape index (κ1) is 23.1. The molecule has 1 unspecified atom stereocenters. The molecule has 5 rings (SSSR count). The molecule has 0 amide bonds. The van der Waals surface area contributed by atoms with Gasteiger partial charge in [0.1, 0.15) is 0 Å². The number of ether oxygens (including phenoxy) is 1. The van der Waals surface area contributed by atoms with E-state index in [0.717, 1.165) is 33.5 Å². The Morgan fingerprint density at radius 3 is 2.64 bits per heavy atom. The average molecular weight is 486 g/mol.